The number of nitrogens with two attached hydrogens (primary N) is 1. The monoisotopic (exact) mass is 271 g/mol. The lowest BCUT2D eigenvalue weighted by Gasteiger charge is -2.34. The summed E-state index contributed by atoms with van der Waals surface area (Å²) >= 11 is 0. The number of amidine groups is 1. The second-order valence-corrected chi connectivity index (χ2v) is 5.52. The van der Waals surface area contributed by atoms with Crippen LogP contribution in [0.3, 0.4) is 0 Å². The van der Waals surface area contributed by atoms with Crippen LogP contribution in [-0.4, -0.2) is 46.7 Å². The summed E-state index contributed by atoms with van der Waals surface area (Å²) in [6.07, 6.45) is 4.53. The van der Waals surface area contributed by atoms with Gasteiger partial charge in [-0.05, 0) is 19.8 Å². The van der Waals surface area contributed by atoms with Crippen LogP contribution in [0.5, 0.6) is 0 Å². The highest BCUT2D eigenvalue weighted by molar-refractivity contribution is 6.06. The van der Waals surface area contributed by atoms with Crippen molar-refractivity contribution in [2.75, 3.05) is 13.6 Å². The van der Waals surface area contributed by atoms with E-state index in [0.717, 1.165) is 25.7 Å². The molecule has 0 aromatic heterocycles. The first-order chi connectivity index (χ1) is 8.94. The van der Waals surface area contributed by atoms with E-state index in [2.05, 4.69) is 5.16 Å². The zero-order valence-electron chi connectivity index (χ0n) is 11.8. The summed E-state index contributed by atoms with van der Waals surface area (Å²) in [7, 11) is 1.65. The molecule has 19 heavy (non-hydrogen) atoms. The lowest BCUT2D eigenvalue weighted by atomic mass is 9.77. The van der Waals surface area contributed by atoms with E-state index >= 15 is 0 Å². The number of hydrogen-bond donors (Lipinski definition) is 3. The van der Waals surface area contributed by atoms with E-state index in [0.29, 0.717) is 12.8 Å². The van der Waals surface area contributed by atoms with Crippen LogP contribution in [0.1, 0.15) is 45.4 Å². The Bertz CT molecular complexity index is 334. The molecule has 0 bridgehead atoms. The van der Waals surface area contributed by atoms with Gasteiger partial charge < -0.3 is 20.9 Å². The lowest BCUT2D eigenvalue weighted by molar-refractivity contribution is -0.139. The first-order valence-corrected chi connectivity index (χ1v) is 6.85. The van der Waals surface area contributed by atoms with Gasteiger partial charge in [0.15, 0.2) is 5.84 Å². The van der Waals surface area contributed by atoms with Gasteiger partial charge in [0.05, 0.1) is 6.10 Å². The van der Waals surface area contributed by atoms with Crippen molar-refractivity contribution in [3.63, 3.8) is 0 Å². The second kappa shape index (κ2) is 6.75. The highest BCUT2D eigenvalue weighted by Crippen LogP contribution is 2.37. The molecule has 1 amide bonds. The fraction of sp³-hybridized carbons (Fsp3) is 0.846. The van der Waals surface area contributed by atoms with E-state index in [4.69, 9.17) is 10.9 Å². The zero-order chi connectivity index (χ0) is 14.5. The van der Waals surface area contributed by atoms with Crippen LogP contribution in [0, 0.1) is 5.41 Å². The molecule has 1 unspecified atom stereocenters. The lowest BCUT2D eigenvalue weighted by Crippen LogP contribution is -2.51. The van der Waals surface area contributed by atoms with E-state index in [1.807, 2.05) is 0 Å². The Labute approximate surface area is 114 Å². The van der Waals surface area contributed by atoms with E-state index in [-0.39, 0.29) is 18.3 Å². The summed E-state index contributed by atoms with van der Waals surface area (Å²) in [5.74, 6) is -0.164. The van der Waals surface area contributed by atoms with Gasteiger partial charge in [0, 0.05) is 13.6 Å². The van der Waals surface area contributed by atoms with Crippen molar-refractivity contribution in [2.24, 2.45) is 16.3 Å². The second-order valence-electron chi connectivity index (χ2n) is 5.52. The Morgan fingerprint density at radius 1 is 1.37 bits per heavy atom. The Kier molecular flexibility index (Phi) is 5.60. The van der Waals surface area contributed by atoms with Crippen LogP contribution < -0.4 is 5.73 Å². The van der Waals surface area contributed by atoms with E-state index in [1.165, 1.54) is 4.90 Å². The first-order valence-electron chi connectivity index (χ1n) is 6.85. The molecular weight excluding hydrogens is 246 g/mol. The number of aliphatic hydroxyl groups excluding tert-OH is 1. The molecule has 1 rings (SSSR count). The largest absolute Gasteiger partial charge is 0.409 e. The third-order valence-corrected chi connectivity index (χ3v) is 3.85. The molecule has 0 aromatic rings. The van der Waals surface area contributed by atoms with Gasteiger partial charge >= 0.3 is 0 Å². The molecule has 0 spiro atoms. The molecule has 0 aromatic carbocycles. The summed E-state index contributed by atoms with van der Waals surface area (Å²) in [6, 6.07) is 0. The molecule has 1 atom stereocenters. The fourth-order valence-electron chi connectivity index (χ4n) is 2.85. The van der Waals surface area contributed by atoms with Crippen LogP contribution in [-0.2, 0) is 4.79 Å². The SMILES string of the molecule is CC(O)CN(C)C(=O)C1(C(N)=NO)CCCCCC1. The molecule has 0 aliphatic heterocycles. The molecule has 0 heterocycles. The van der Waals surface area contributed by atoms with E-state index in [9.17, 15) is 9.90 Å². The van der Waals surface area contributed by atoms with Crippen molar-refractivity contribution in [3.8, 4) is 0 Å². The van der Waals surface area contributed by atoms with Gasteiger partial charge in [-0.15, -0.1) is 0 Å². The van der Waals surface area contributed by atoms with Gasteiger partial charge in [-0.2, -0.15) is 0 Å². The number of oxime groups is 1. The first kappa shape index (κ1) is 15.8. The van der Waals surface area contributed by atoms with Crippen LogP contribution >= 0.6 is 0 Å². The molecule has 1 fully saturated rings. The smallest absolute Gasteiger partial charge is 0.236 e. The minimum absolute atomic E-state index is 0.00292. The maximum Gasteiger partial charge on any atom is 0.236 e. The third kappa shape index (κ3) is 3.59. The van der Waals surface area contributed by atoms with Crippen molar-refractivity contribution in [1.29, 1.82) is 0 Å². The van der Waals surface area contributed by atoms with Crippen LogP contribution in [0.2, 0.25) is 0 Å². The predicted molar refractivity (Wildman–Crippen MR) is 72.9 cm³/mol. The minimum Gasteiger partial charge on any atom is -0.409 e. The van der Waals surface area contributed by atoms with Crippen molar-refractivity contribution in [2.45, 2.75) is 51.6 Å². The Morgan fingerprint density at radius 3 is 2.32 bits per heavy atom. The molecule has 0 saturated heterocycles. The number of carbonyl (C=O) groups excluding carboxylic acids is 1. The van der Waals surface area contributed by atoms with Crippen molar-refractivity contribution >= 4 is 11.7 Å². The molecular formula is C13H25N3O3. The number of carbonyl (C=O) groups is 1. The molecule has 4 N–H and O–H groups in total. The highest BCUT2D eigenvalue weighted by atomic mass is 16.4. The van der Waals surface area contributed by atoms with Gasteiger partial charge in [0.1, 0.15) is 5.41 Å². The van der Waals surface area contributed by atoms with Crippen LogP contribution in [0.4, 0.5) is 0 Å². The number of aliphatic hydroxyl groups is 1. The van der Waals surface area contributed by atoms with Crippen LogP contribution in [0.15, 0.2) is 5.16 Å². The van der Waals surface area contributed by atoms with Crippen molar-refractivity contribution in [3.05, 3.63) is 0 Å². The number of amides is 1. The minimum atomic E-state index is -0.908. The summed E-state index contributed by atoms with van der Waals surface area (Å²) in [5, 5.41) is 21.5. The standard InChI is InChI=1S/C13H25N3O3/c1-10(17)9-16(2)12(18)13(11(14)15-19)7-5-3-4-6-8-13/h10,17,19H,3-9H2,1-2H3,(H2,14,15). The summed E-state index contributed by atoms with van der Waals surface area (Å²) in [6.45, 7) is 1.88. The summed E-state index contributed by atoms with van der Waals surface area (Å²) in [5.41, 5.74) is 4.90. The van der Waals surface area contributed by atoms with E-state index < -0.39 is 11.5 Å². The molecule has 0 radical (unpaired) electrons. The number of likely N-dealkylation sites (N-methyl/N-ethyl adjacent to an activating group) is 1. The van der Waals surface area contributed by atoms with Gasteiger partial charge in [-0.1, -0.05) is 30.8 Å². The van der Waals surface area contributed by atoms with Gasteiger partial charge in [-0.25, -0.2) is 0 Å². The average Bonchev–Trinajstić information content (AvgIpc) is 2.62. The summed E-state index contributed by atoms with van der Waals surface area (Å²) < 4.78 is 0. The number of hydrogen-bond acceptors (Lipinski definition) is 4. The molecule has 110 valence electrons. The zero-order valence-corrected chi connectivity index (χ0v) is 11.8. The fourth-order valence-corrected chi connectivity index (χ4v) is 2.85. The molecule has 6 nitrogen and oxygen atoms in total. The Morgan fingerprint density at radius 2 is 1.89 bits per heavy atom. The van der Waals surface area contributed by atoms with Gasteiger partial charge in [0.2, 0.25) is 5.91 Å². The van der Waals surface area contributed by atoms with Gasteiger partial charge in [0.25, 0.3) is 0 Å². The van der Waals surface area contributed by atoms with Gasteiger partial charge in [-0.3, -0.25) is 4.79 Å². The maximum absolute atomic E-state index is 12.7. The Balaban J connectivity index is 2.98. The topological polar surface area (TPSA) is 99.2 Å². The highest BCUT2D eigenvalue weighted by Gasteiger charge is 2.44. The average molecular weight is 271 g/mol. The molecule has 1 saturated carbocycles. The molecule has 6 heteroatoms. The maximum atomic E-state index is 12.7. The van der Waals surface area contributed by atoms with Crippen molar-refractivity contribution < 1.29 is 15.1 Å². The normalized spacial score (nSPS) is 21.5. The Hall–Kier alpha value is -1.30. The predicted octanol–water partition coefficient (Wildman–Crippen LogP) is 0.913. The third-order valence-electron chi connectivity index (χ3n) is 3.85. The number of nitrogens with zero attached hydrogens (tertiary/aromatic N) is 2. The van der Waals surface area contributed by atoms with Crippen molar-refractivity contribution in [1.82, 2.24) is 4.90 Å². The van der Waals surface area contributed by atoms with E-state index in [1.54, 1.807) is 14.0 Å². The molecule has 1 aliphatic carbocycles. The quantitative estimate of drug-likeness (QED) is 0.233. The van der Waals surface area contributed by atoms with Crippen LogP contribution in [0.25, 0.3) is 0 Å². The summed E-state index contributed by atoms with van der Waals surface area (Å²) in [4.78, 5) is 14.1. The molecule has 1 aliphatic rings. The number of rotatable bonds is 4.